The normalized spacial score (nSPS) is 20.8. The van der Waals surface area contributed by atoms with Gasteiger partial charge >= 0.3 is 0 Å². The fourth-order valence-electron chi connectivity index (χ4n) is 6.86. The summed E-state index contributed by atoms with van der Waals surface area (Å²) in [6.45, 7) is 4.75. The molecular formula is C35H37N7O3S. The summed E-state index contributed by atoms with van der Waals surface area (Å²) in [6, 6.07) is 17.7. The Bertz CT molecular complexity index is 1840. The largest absolute Gasteiger partial charge is 0.388 e. The SMILES string of the molecule is Cc1nc(-c2ccncc2)sc1C(=O)N1CC[C@@H](C(=O)N2CCC(O)(CN3C=c4ncccc4=NC3)CC2)[C@H](c2ccccc2)C1. The molecule has 4 aromatic rings. The third-order valence-corrected chi connectivity index (χ3v) is 10.6. The number of thiazole rings is 1. The fraction of sp³-hybridized carbons (Fsp3) is 0.371. The molecule has 6 heterocycles. The second kappa shape index (κ2) is 12.7. The summed E-state index contributed by atoms with van der Waals surface area (Å²) in [4.78, 5) is 52.2. The van der Waals surface area contributed by atoms with E-state index in [1.54, 1.807) is 18.6 Å². The Morgan fingerprint density at radius 2 is 1.76 bits per heavy atom. The number of carbonyl (C=O) groups is 2. The van der Waals surface area contributed by atoms with Crippen molar-refractivity contribution in [2.75, 3.05) is 39.4 Å². The maximum Gasteiger partial charge on any atom is 0.265 e. The van der Waals surface area contributed by atoms with Gasteiger partial charge in [-0.1, -0.05) is 30.3 Å². The molecule has 0 bridgehead atoms. The van der Waals surface area contributed by atoms with Crippen molar-refractivity contribution in [3.8, 4) is 10.6 Å². The molecule has 3 aromatic heterocycles. The van der Waals surface area contributed by atoms with E-state index in [1.165, 1.54) is 11.3 Å². The highest BCUT2D eigenvalue weighted by Crippen LogP contribution is 2.37. The zero-order valence-corrected chi connectivity index (χ0v) is 26.6. The molecule has 3 aliphatic rings. The number of fused-ring (bicyclic) bond motifs is 1. The number of carbonyl (C=O) groups excluding carboxylic acids is 2. The maximum atomic E-state index is 14.1. The molecule has 1 aromatic carbocycles. The van der Waals surface area contributed by atoms with Gasteiger partial charge in [0.2, 0.25) is 5.91 Å². The standard InChI is InChI=1S/C35H37N7O3S/c1-24-31(46-32(39-24)26-9-15-36-16-10-26)34(44)42-17-11-27(28(20-42)25-6-3-2-4-7-25)33(43)41-18-12-35(45,13-19-41)22-40-21-30-29(38-23-40)8-5-14-37-30/h2-10,14-16,21,27-28,45H,11-13,17-20,22-23H2,1H3/t27-,28+/m1/s1. The molecule has 1 N–H and O–H groups in total. The van der Waals surface area contributed by atoms with Crippen molar-refractivity contribution in [2.45, 2.75) is 37.7 Å². The highest BCUT2D eigenvalue weighted by molar-refractivity contribution is 7.17. The molecule has 0 radical (unpaired) electrons. The Morgan fingerprint density at radius 3 is 2.54 bits per heavy atom. The van der Waals surface area contributed by atoms with Crippen molar-refractivity contribution in [2.24, 2.45) is 10.9 Å². The zero-order chi connectivity index (χ0) is 31.7. The first-order chi connectivity index (χ1) is 22.4. The van der Waals surface area contributed by atoms with E-state index < -0.39 is 5.60 Å². The molecule has 0 spiro atoms. The number of hydrogen-bond donors (Lipinski definition) is 1. The summed E-state index contributed by atoms with van der Waals surface area (Å²) in [6.07, 6.45) is 8.73. The molecule has 2 amide bonds. The number of benzene rings is 1. The minimum Gasteiger partial charge on any atom is -0.388 e. The Morgan fingerprint density at radius 1 is 0.978 bits per heavy atom. The number of aryl methyl sites for hydroxylation is 1. The van der Waals surface area contributed by atoms with E-state index >= 15 is 0 Å². The maximum absolute atomic E-state index is 14.1. The van der Waals surface area contributed by atoms with Crippen molar-refractivity contribution in [1.29, 1.82) is 0 Å². The summed E-state index contributed by atoms with van der Waals surface area (Å²) in [5.74, 6) is -0.305. The van der Waals surface area contributed by atoms with Crippen molar-refractivity contribution >= 4 is 29.4 Å². The molecule has 0 saturated carbocycles. The minimum atomic E-state index is -0.911. The van der Waals surface area contributed by atoms with Crippen LogP contribution in [0.1, 0.15) is 46.1 Å². The molecule has 7 rings (SSSR count). The van der Waals surface area contributed by atoms with E-state index in [1.807, 2.05) is 70.3 Å². The molecule has 236 valence electrons. The van der Waals surface area contributed by atoms with Crippen molar-refractivity contribution in [3.05, 3.63) is 100 Å². The number of β-amino-alcohol motifs (C(OH)–C–C–N with tert-alkyl or cyclic N) is 1. The van der Waals surface area contributed by atoms with Crippen LogP contribution in [0.4, 0.5) is 0 Å². The van der Waals surface area contributed by atoms with Crippen LogP contribution in [-0.2, 0) is 4.79 Å². The van der Waals surface area contributed by atoms with E-state index in [-0.39, 0.29) is 23.7 Å². The Balaban J connectivity index is 1.03. The Kier molecular flexibility index (Phi) is 8.35. The number of hydrogen-bond acceptors (Lipinski definition) is 9. The number of pyridine rings is 2. The van der Waals surface area contributed by atoms with Crippen LogP contribution in [0.25, 0.3) is 16.8 Å². The molecule has 10 nitrogen and oxygen atoms in total. The first kappa shape index (κ1) is 30.2. The molecule has 46 heavy (non-hydrogen) atoms. The monoisotopic (exact) mass is 635 g/mol. The average Bonchev–Trinajstić information content (AvgIpc) is 3.49. The molecule has 0 unspecified atom stereocenters. The first-order valence-corrected chi connectivity index (χ1v) is 16.6. The molecule has 3 aliphatic heterocycles. The predicted octanol–water partition coefficient (Wildman–Crippen LogP) is 2.84. The van der Waals surface area contributed by atoms with Gasteiger partial charge in [-0.05, 0) is 56.0 Å². The lowest BCUT2D eigenvalue weighted by Gasteiger charge is -2.44. The molecular weight excluding hydrogens is 598 g/mol. The van der Waals surface area contributed by atoms with E-state index in [4.69, 9.17) is 0 Å². The third kappa shape index (κ3) is 6.17. The van der Waals surface area contributed by atoms with Crippen LogP contribution < -0.4 is 10.7 Å². The summed E-state index contributed by atoms with van der Waals surface area (Å²) in [5.41, 5.74) is 1.80. The van der Waals surface area contributed by atoms with Crippen molar-refractivity contribution in [3.63, 3.8) is 0 Å². The number of likely N-dealkylation sites (tertiary alicyclic amines) is 2. The smallest absolute Gasteiger partial charge is 0.265 e. The van der Waals surface area contributed by atoms with Crippen LogP contribution in [-0.4, -0.2) is 91.6 Å². The quantitative estimate of drug-likeness (QED) is 0.347. The lowest BCUT2D eigenvalue weighted by molar-refractivity contribution is -0.142. The summed E-state index contributed by atoms with van der Waals surface area (Å²) in [5, 5.41) is 14.0. The highest BCUT2D eigenvalue weighted by Gasteiger charge is 2.42. The third-order valence-electron chi connectivity index (χ3n) is 9.41. The van der Waals surface area contributed by atoms with E-state index in [2.05, 4.69) is 32.1 Å². The van der Waals surface area contributed by atoms with E-state index in [0.717, 1.165) is 26.8 Å². The first-order valence-electron chi connectivity index (χ1n) is 15.8. The van der Waals surface area contributed by atoms with Crippen LogP contribution in [0.3, 0.4) is 0 Å². The number of aliphatic hydroxyl groups is 1. The van der Waals surface area contributed by atoms with Gasteiger partial charge in [-0.3, -0.25) is 24.5 Å². The Hall–Kier alpha value is -4.48. The predicted molar refractivity (Wildman–Crippen MR) is 175 cm³/mol. The van der Waals surface area contributed by atoms with Crippen molar-refractivity contribution in [1.82, 2.24) is 29.7 Å². The van der Waals surface area contributed by atoms with Crippen LogP contribution in [0, 0.1) is 12.8 Å². The zero-order valence-electron chi connectivity index (χ0n) is 25.8. The van der Waals surface area contributed by atoms with Gasteiger partial charge in [-0.25, -0.2) is 4.98 Å². The second-order valence-electron chi connectivity index (χ2n) is 12.5. The summed E-state index contributed by atoms with van der Waals surface area (Å²) in [7, 11) is 0. The molecule has 2 fully saturated rings. The van der Waals surface area contributed by atoms with E-state index in [0.29, 0.717) is 69.2 Å². The van der Waals surface area contributed by atoms with Gasteiger partial charge in [-0.15, -0.1) is 11.3 Å². The number of aromatic nitrogens is 3. The van der Waals surface area contributed by atoms with Crippen molar-refractivity contribution < 1.29 is 14.7 Å². The van der Waals surface area contributed by atoms with Gasteiger partial charge in [0, 0.05) is 74.9 Å². The van der Waals surface area contributed by atoms with Gasteiger partial charge in [-0.2, -0.15) is 0 Å². The minimum absolute atomic E-state index is 0.0377. The molecule has 0 aliphatic carbocycles. The van der Waals surface area contributed by atoms with Gasteiger partial charge in [0.25, 0.3) is 5.91 Å². The lowest BCUT2D eigenvalue weighted by atomic mass is 9.79. The van der Waals surface area contributed by atoms with E-state index in [9.17, 15) is 14.7 Å². The number of piperidine rings is 2. The second-order valence-corrected chi connectivity index (χ2v) is 13.5. The topological polar surface area (TPSA) is 115 Å². The summed E-state index contributed by atoms with van der Waals surface area (Å²) < 4.78 is 0. The van der Waals surface area contributed by atoms with Gasteiger partial charge < -0.3 is 19.8 Å². The van der Waals surface area contributed by atoms with Gasteiger partial charge in [0.15, 0.2) is 0 Å². The molecule has 11 heteroatoms. The van der Waals surface area contributed by atoms with Gasteiger partial charge in [0.1, 0.15) is 21.9 Å². The summed E-state index contributed by atoms with van der Waals surface area (Å²) >= 11 is 1.41. The van der Waals surface area contributed by atoms with Crippen LogP contribution >= 0.6 is 11.3 Å². The van der Waals surface area contributed by atoms with Gasteiger partial charge in [0.05, 0.1) is 16.7 Å². The Labute approximate surface area is 271 Å². The number of rotatable bonds is 6. The van der Waals surface area contributed by atoms with Crippen LogP contribution in [0.5, 0.6) is 0 Å². The molecule has 2 saturated heterocycles. The number of nitrogens with zero attached hydrogens (tertiary/aromatic N) is 7. The number of amides is 2. The fourth-order valence-corrected chi connectivity index (χ4v) is 7.90. The lowest BCUT2D eigenvalue weighted by Crippen LogP contribution is -2.55. The molecule has 2 atom stereocenters. The average molecular weight is 636 g/mol. The van der Waals surface area contributed by atoms with Crippen LogP contribution in [0.2, 0.25) is 0 Å². The highest BCUT2D eigenvalue weighted by atomic mass is 32.1. The van der Waals surface area contributed by atoms with Crippen LogP contribution in [0.15, 0.2) is 78.2 Å².